The number of hydrogen-bond acceptors (Lipinski definition) is 4. The van der Waals surface area contributed by atoms with Crippen molar-refractivity contribution in [2.45, 2.75) is 42.7 Å². The Hall–Kier alpha value is -1.60. The third-order valence-corrected chi connectivity index (χ3v) is 5.24. The fourth-order valence-electron chi connectivity index (χ4n) is 2.31. The molecule has 3 N–H and O–H groups in total. The van der Waals surface area contributed by atoms with Crippen molar-refractivity contribution in [2.24, 2.45) is 0 Å². The van der Waals surface area contributed by atoms with Gasteiger partial charge in [-0.15, -0.1) is 0 Å². The summed E-state index contributed by atoms with van der Waals surface area (Å²) in [6.07, 6.45) is 3.16. The number of hydrogen-bond donors (Lipinski definition) is 3. The second kappa shape index (κ2) is 5.65. The Kier molecular flexibility index (Phi) is 3.86. The molecule has 1 amide bonds. The first kappa shape index (κ1) is 14.3. The van der Waals surface area contributed by atoms with E-state index in [4.69, 9.17) is 0 Å². The lowest BCUT2D eigenvalue weighted by molar-refractivity contribution is -0.122. The largest absolute Gasteiger partial charge is 0.381 e. The first-order valence-corrected chi connectivity index (χ1v) is 8.67. The van der Waals surface area contributed by atoms with E-state index in [1.54, 1.807) is 24.3 Å². The Balaban J connectivity index is 1.62. The summed E-state index contributed by atoms with van der Waals surface area (Å²) in [7, 11) is -3.39. The van der Waals surface area contributed by atoms with Gasteiger partial charge in [0.25, 0.3) is 0 Å². The highest BCUT2D eigenvalue weighted by atomic mass is 32.2. The molecular formula is C14H19N3O3S. The molecule has 21 heavy (non-hydrogen) atoms. The summed E-state index contributed by atoms with van der Waals surface area (Å²) in [6, 6.07) is 7.03. The number of carbonyl (C=O) groups is 1. The second-order valence-corrected chi connectivity index (χ2v) is 7.32. The summed E-state index contributed by atoms with van der Waals surface area (Å²) >= 11 is 0. The van der Waals surface area contributed by atoms with Crippen molar-refractivity contribution in [1.29, 1.82) is 0 Å². The van der Waals surface area contributed by atoms with E-state index in [9.17, 15) is 13.2 Å². The van der Waals surface area contributed by atoms with Crippen LogP contribution in [0, 0.1) is 0 Å². The summed E-state index contributed by atoms with van der Waals surface area (Å²) < 4.78 is 26.7. The Morgan fingerprint density at radius 2 is 1.76 bits per heavy atom. The van der Waals surface area contributed by atoms with E-state index in [0.717, 1.165) is 24.9 Å². The van der Waals surface area contributed by atoms with Crippen LogP contribution in [0.1, 0.15) is 25.7 Å². The van der Waals surface area contributed by atoms with Gasteiger partial charge in [0.1, 0.15) is 0 Å². The van der Waals surface area contributed by atoms with E-state index >= 15 is 0 Å². The van der Waals surface area contributed by atoms with Crippen LogP contribution in [-0.4, -0.2) is 33.0 Å². The predicted molar refractivity (Wildman–Crippen MR) is 79.4 cm³/mol. The monoisotopic (exact) mass is 309 g/mol. The molecule has 1 saturated carbocycles. The lowest BCUT2D eigenvalue weighted by Crippen LogP contribution is -2.41. The minimum Gasteiger partial charge on any atom is -0.381 e. The van der Waals surface area contributed by atoms with E-state index in [0.29, 0.717) is 13.0 Å². The van der Waals surface area contributed by atoms with Gasteiger partial charge in [0.2, 0.25) is 15.9 Å². The van der Waals surface area contributed by atoms with Crippen molar-refractivity contribution in [3.8, 4) is 0 Å². The van der Waals surface area contributed by atoms with Crippen LogP contribution in [-0.2, 0) is 14.8 Å². The minimum absolute atomic E-state index is 0.0839. The van der Waals surface area contributed by atoms with Gasteiger partial charge in [0.15, 0.2) is 0 Å². The molecular weight excluding hydrogens is 290 g/mol. The summed E-state index contributed by atoms with van der Waals surface area (Å²) in [6.45, 7) is 0.599. The zero-order valence-corrected chi connectivity index (χ0v) is 12.4. The number of sulfonamides is 1. The molecule has 1 unspecified atom stereocenters. The molecule has 1 aromatic rings. The van der Waals surface area contributed by atoms with Crippen molar-refractivity contribution >= 4 is 21.6 Å². The third-order valence-electron chi connectivity index (χ3n) is 3.70. The topological polar surface area (TPSA) is 87.3 Å². The third kappa shape index (κ3) is 3.74. The van der Waals surface area contributed by atoms with Crippen LogP contribution in [0.3, 0.4) is 0 Å². The lowest BCUT2D eigenvalue weighted by Gasteiger charge is -2.24. The number of anilines is 1. The van der Waals surface area contributed by atoms with Crippen molar-refractivity contribution in [2.75, 3.05) is 11.9 Å². The smallest absolute Gasteiger partial charge is 0.240 e. The van der Waals surface area contributed by atoms with Crippen molar-refractivity contribution in [3.63, 3.8) is 0 Å². The van der Waals surface area contributed by atoms with Gasteiger partial charge in [0.05, 0.1) is 4.90 Å². The predicted octanol–water partition coefficient (Wildman–Crippen LogP) is 0.818. The summed E-state index contributed by atoms with van der Waals surface area (Å²) in [4.78, 5) is 11.4. The standard InChI is InChI=1S/C14H19N3O3S/c18-14-8-5-12(9-15-14)16-10-3-6-13(7-4-10)21(19,20)17-11-1-2-11/h3-4,6-7,11-12,16-17H,1-2,5,8-9H2,(H,15,18). The molecule has 6 nitrogen and oxygen atoms in total. The molecule has 114 valence electrons. The number of piperidine rings is 1. The highest BCUT2D eigenvalue weighted by Gasteiger charge is 2.27. The number of benzene rings is 1. The van der Waals surface area contributed by atoms with Crippen LogP contribution in [0.5, 0.6) is 0 Å². The van der Waals surface area contributed by atoms with E-state index in [1.807, 2.05) is 0 Å². The van der Waals surface area contributed by atoms with E-state index in [2.05, 4.69) is 15.4 Å². The average molecular weight is 309 g/mol. The highest BCUT2D eigenvalue weighted by Crippen LogP contribution is 2.23. The lowest BCUT2D eigenvalue weighted by atomic mass is 10.1. The van der Waals surface area contributed by atoms with Crippen LogP contribution < -0.4 is 15.4 Å². The zero-order valence-electron chi connectivity index (χ0n) is 11.6. The van der Waals surface area contributed by atoms with E-state index < -0.39 is 10.0 Å². The van der Waals surface area contributed by atoms with E-state index in [-0.39, 0.29) is 22.9 Å². The molecule has 7 heteroatoms. The molecule has 2 aliphatic rings. The van der Waals surface area contributed by atoms with Crippen molar-refractivity contribution in [3.05, 3.63) is 24.3 Å². The molecule has 1 aromatic carbocycles. The number of rotatable bonds is 5. The van der Waals surface area contributed by atoms with Gasteiger partial charge in [-0.2, -0.15) is 0 Å². The van der Waals surface area contributed by atoms with Gasteiger partial charge in [-0.3, -0.25) is 4.79 Å². The fraction of sp³-hybridized carbons (Fsp3) is 0.500. The molecule has 0 spiro atoms. The van der Waals surface area contributed by atoms with Gasteiger partial charge in [-0.1, -0.05) is 0 Å². The van der Waals surface area contributed by atoms with Gasteiger partial charge in [-0.05, 0) is 43.5 Å². The molecule has 3 rings (SSSR count). The van der Waals surface area contributed by atoms with Crippen molar-refractivity contribution < 1.29 is 13.2 Å². The molecule has 1 atom stereocenters. The minimum atomic E-state index is -3.39. The summed E-state index contributed by atoms with van der Waals surface area (Å²) in [5.74, 6) is 0.0839. The molecule has 0 bridgehead atoms. The number of amides is 1. The first-order chi connectivity index (χ1) is 10.0. The van der Waals surface area contributed by atoms with Gasteiger partial charge >= 0.3 is 0 Å². The molecule has 1 heterocycles. The normalized spacial score (nSPS) is 22.7. The molecule has 2 fully saturated rings. The highest BCUT2D eigenvalue weighted by molar-refractivity contribution is 7.89. The molecule has 1 saturated heterocycles. The van der Waals surface area contributed by atoms with Gasteiger partial charge < -0.3 is 10.6 Å². The molecule has 1 aliphatic heterocycles. The average Bonchev–Trinajstić information content (AvgIpc) is 3.25. The molecule has 0 aromatic heterocycles. The maximum Gasteiger partial charge on any atom is 0.240 e. The first-order valence-electron chi connectivity index (χ1n) is 7.18. The van der Waals surface area contributed by atoms with Gasteiger partial charge in [0, 0.05) is 30.7 Å². The van der Waals surface area contributed by atoms with Crippen LogP contribution in [0.2, 0.25) is 0 Å². The summed E-state index contributed by atoms with van der Waals surface area (Å²) in [5.41, 5.74) is 0.863. The quantitative estimate of drug-likeness (QED) is 0.751. The second-order valence-electron chi connectivity index (χ2n) is 5.60. The van der Waals surface area contributed by atoms with Crippen LogP contribution in [0.15, 0.2) is 29.2 Å². The molecule has 0 radical (unpaired) electrons. The Morgan fingerprint density at radius 1 is 1.05 bits per heavy atom. The maximum atomic E-state index is 12.0. The molecule has 1 aliphatic carbocycles. The maximum absolute atomic E-state index is 12.0. The van der Waals surface area contributed by atoms with Crippen LogP contribution >= 0.6 is 0 Å². The fourth-order valence-corrected chi connectivity index (χ4v) is 3.62. The van der Waals surface area contributed by atoms with Crippen LogP contribution in [0.25, 0.3) is 0 Å². The van der Waals surface area contributed by atoms with Crippen molar-refractivity contribution in [1.82, 2.24) is 10.0 Å². The number of carbonyl (C=O) groups excluding carboxylic acids is 1. The summed E-state index contributed by atoms with van der Waals surface area (Å²) in [5, 5.41) is 6.11. The zero-order chi connectivity index (χ0) is 14.9. The van der Waals surface area contributed by atoms with Gasteiger partial charge in [-0.25, -0.2) is 13.1 Å². The SMILES string of the molecule is O=C1CCC(Nc2ccc(S(=O)(=O)NC3CC3)cc2)CN1. The Bertz CT molecular complexity index is 613. The number of nitrogens with one attached hydrogen (secondary N) is 3. The van der Waals surface area contributed by atoms with E-state index in [1.165, 1.54) is 0 Å². The van der Waals surface area contributed by atoms with Crippen LogP contribution in [0.4, 0.5) is 5.69 Å². The Morgan fingerprint density at radius 3 is 2.33 bits per heavy atom. The Labute approximate surface area is 124 Å².